The molecule has 2 N–H and O–H groups in total. The Morgan fingerprint density at radius 3 is 2.42 bits per heavy atom. The van der Waals surface area contributed by atoms with Gasteiger partial charge in [-0.25, -0.2) is 18.4 Å². The molecule has 1 fully saturated rings. The monoisotopic (exact) mass is 690 g/mol. The summed E-state index contributed by atoms with van der Waals surface area (Å²) in [6.07, 6.45) is 0.710. The Balaban J connectivity index is 1.28. The van der Waals surface area contributed by atoms with E-state index in [1.54, 1.807) is 34.1 Å². The Morgan fingerprint density at radius 1 is 0.978 bits per heavy atom. The summed E-state index contributed by atoms with van der Waals surface area (Å²) in [4.78, 5) is 19.7. The fourth-order valence-corrected chi connectivity index (χ4v) is 5.69. The number of nitrogens with one attached hydrogen (secondary N) is 1. The van der Waals surface area contributed by atoms with Crippen LogP contribution in [-0.2, 0) is 23.1 Å². The van der Waals surface area contributed by atoms with Gasteiger partial charge in [0.25, 0.3) is 0 Å². The van der Waals surface area contributed by atoms with Gasteiger partial charge >= 0.3 is 6.18 Å². The number of amides is 1. The van der Waals surface area contributed by atoms with Crippen molar-refractivity contribution in [1.82, 2.24) is 19.7 Å². The van der Waals surface area contributed by atoms with Crippen LogP contribution in [0.5, 0.6) is 0 Å². The van der Waals surface area contributed by atoms with Crippen LogP contribution >= 0.6 is 15.9 Å². The molecule has 0 bridgehead atoms. The molecule has 1 aliphatic heterocycles. The third-order valence-electron chi connectivity index (χ3n) is 7.37. The van der Waals surface area contributed by atoms with Crippen molar-refractivity contribution in [3.05, 3.63) is 112 Å². The number of hydrogen-bond donors (Lipinski definition) is 2. The lowest BCUT2D eigenvalue weighted by Crippen LogP contribution is -2.52. The Labute approximate surface area is 263 Å². The average molecular weight is 691 g/mol. The van der Waals surface area contributed by atoms with Crippen molar-refractivity contribution in [2.75, 3.05) is 42.9 Å². The minimum atomic E-state index is -4.70. The predicted octanol–water partition coefficient (Wildman–Crippen LogP) is 5.70. The van der Waals surface area contributed by atoms with Gasteiger partial charge in [-0.1, -0.05) is 34.1 Å². The molecule has 0 radical (unpaired) electrons. The minimum Gasteiger partial charge on any atom is -0.382 e. The lowest BCUT2D eigenvalue weighted by Gasteiger charge is -2.41. The third kappa shape index (κ3) is 8.12. The highest BCUT2D eigenvalue weighted by Gasteiger charge is 2.38. The van der Waals surface area contributed by atoms with Crippen molar-refractivity contribution in [1.29, 1.82) is 0 Å². The number of alkyl halides is 3. The van der Waals surface area contributed by atoms with E-state index >= 15 is 0 Å². The molecule has 0 aliphatic carbocycles. The SMILES string of the molecule is O=C(/C=C/c1cccc(Br)c1)Nc1ccc(N2CCN(CC(O)(Cn3cncn3)c3ccc(F)cc3F)CC2)c(C(F)(F)F)c1. The van der Waals surface area contributed by atoms with E-state index in [0.717, 1.165) is 22.2 Å². The molecule has 3 aromatic carbocycles. The number of β-amino-alcohol motifs (C(OH)–C–C–N with tert-alkyl or cyclic N) is 1. The lowest BCUT2D eigenvalue weighted by atomic mass is 9.92. The van der Waals surface area contributed by atoms with Gasteiger partial charge in [-0.15, -0.1) is 0 Å². The molecular formula is C31H28BrF5N6O2. The zero-order valence-corrected chi connectivity index (χ0v) is 25.3. The number of rotatable bonds is 9. The molecule has 45 heavy (non-hydrogen) atoms. The number of halogens is 6. The lowest BCUT2D eigenvalue weighted by molar-refractivity contribution is -0.137. The van der Waals surface area contributed by atoms with Crippen LogP contribution in [0, 0.1) is 11.6 Å². The van der Waals surface area contributed by atoms with Gasteiger partial charge in [-0.2, -0.15) is 18.3 Å². The van der Waals surface area contributed by atoms with Crippen molar-refractivity contribution in [3.8, 4) is 0 Å². The van der Waals surface area contributed by atoms with E-state index in [1.807, 2.05) is 6.07 Å². The highest BCUT2D eigenvalue weighted by atomic mass is 79.9. The summed E-state index contributed by atoms with van der Waals surface area (Å²) in [5.41, 5.74) is -2.19. The molecule has 1 atom stereocenters. The Hall–Kier alpha value is -4.14. The van der Waals surface area contributed by atoms with Crippen LogP contribution in [0.1, 0.15) is 16.7 Å². The van der Waals surface area contributed by atoms with Crippen LogP contribution in [0.4, 0.5) is 33.3 Å². The summed E-state index contributed by atoms with van der Waals surface area (Å²) >= 11 is 3.34. The molecule has 5 rings (SSSR count). The summed E-state index contributed by atoms with van der Waals surface area (Å²) in [5, 5.41) is 18.1. The van der Waals surface area contributed by atoms with E-state index in [9.17, 15) is 31.9 Å². The summed E-state index contributed by atoms with van der Waals surface area (Å²) in [6, 6.07) is 13.7. The molecule has 14 heteroatoms. The number of aromatic nitrogens is 3. The fourth-order valence-electron chi connectivity index (χ4n) is 5.27. The van der Waals surface area contributed by atoms with Gasteiger partial charge in [0.2, 0.25) is 5.91 Å². The van der Waals surface area contributed by atoms with Crippen molar-refractivity contribution in [3.63, 3.8) is 0 Å². The van der Waals surface area contributed by atoms with Crippen molar-refractivity contribution in [2.24, 2.45) is 0 Å². The number of piperazine rings is 1. The van der Waals surface area contributed by atoms with Crippen LogP contribution in [-0.4, -0.2) is 63.4 Å². The van der Waals surface area contributed by atoms with E-state index < -0.39 is 34.9 Å². The minimum absolute atomic E-state index is 0.00639. The van der Waals surface area contributed by atoms with Crippen LogP contribution in [0.25, 0.3) is 6.08 Å². The molecule has 1 aliphatic rings. The first kappa shape index (κ1) is 32.3. The number of carbonyl (C=O) groups is 1. The second-order valence-electron chi connectivity index (χ2n) is 10.6. The largest absolute Gasteiger partial charge is 0.418 e. The highest BCUT2D eigenvalue weighted by molar-refractivity contribution is 9.10. The second kappa shape index (κ2) is 13.5. The molecule has 1 aromatic heterocycles. The fraction of sp³-hybridized carbons (Fsp3) is 0.258. The molecule has 0 spiro atoms. The first-order valence-electron chi connectivity index (χ1n) is 13.8. The van der Waals surface area contributed by atoms with Gasteiger partial charge in [0.1, 0.15) is 29.9 Å². The molecule has 8 nitrogen and oxygen atoms in total. The normalized spacial score (nSPS) is 15.8. The van der Waals surface area contributed by atoms with E-state index in [1.165, 1.54) is 41.6 Å². The van der Waals surface area contributed by atoms with Gasteiger partial charge in [0, 0.05) is 66.3 Å². The van der Waals surface area contributed by atoms with Crippen LogP contribution in [0.15, 0.2) is 83.9 Å². The maximum Gasteiger partial charge on any atom is 0.418 e. The van der Waals surface area contributed by atoms with Crippen molar-refractivity contribution >= 4 is 39.3 Å². The van der Waals surface area contributed by atoms with Gasteiger partial charge < -0.3 is 15.3 Å². The van der Waals surface area contributed by atoms with Crippen LogP contribution < -0.4 is 10.2 Å². The topological polar surface area (TPSA) is 86.5 Å². The number of aliphatic hydroxyl groups is 1. The van der Waals surface area contributed by atoms with E-state index in [2.05, 4.69) is 31.3 Å². The summed E-state index contributed by atoms with van der Waals surface area (Å²) in [7, 11) is 0. The standard InChI is InChI=1S/C31H28BrF5N6O2/c32-22-3-1-2-21(14-22)4-9-29(44)40-24-6-8-28(26(16-24)31(35,36)37)42-12-10-41(11-13-42)17-30(45,18-43-20-38-19-39-43)25-7-5-23(33)15-27(25)34/h1-9,14-16,19-20,45H,10-13,17-18H2,(H,40,44)/b9-4+. The number of hydrogen-bond acceptors (Lipinski definition) is 6. The Kier molecular flexibility index (Phi) is 9.65. The summed E-state index contributed by atoms with van der Waals surface area (Å²) in [5.74, 6) is -2.31. The predicted molar refractivity (Wildman–Crippen MR) is 162 cm³/mol. The molecular weight excluding hydrogens is 663 g/mol. The first-order chi connectivity index (χ1) is 21.4. The molecule has 1 amide bonds. The van der Waals surface area contributed by atoms with Crippen molar-refractivity contribution < 1.29 is 31.9 Å². The second-order valence-corrected chi connectivity index (χ2v) is 11.5. The smallest absolute Gasteiger partial charge is 0.382 e. The quantitative estimate of drug-likeness (QED) is 0.173. The molecule has 236 valence electrons. The van der Waals surface area contributed by atoms with Gasteiger partial charge in [-0.3, -0.25) is 9.69 Å². The van der Waals surface area contributed by atoms with Crippen molar-refractivity contribution in [2.45, 2.75) is 18.3 Å². The van der Waals surface area contributed by atoms with Crippen LogP contribution in [0.2, 0.25) is 0 Å². The summed E-state index contributed by atoms with van der Waals surface area (Å²) in [6.45, 7) is 0.579. The van der Waals surface area contributed by atoms with E-state index in [-0.39, 0.29) is 56.2 Å². The van der Waals surface area contributed by atoms with Gasteiger partial charge in [0.05, 0.1) is 12.1 Å². The van der Waals surface area contributed by atoms with Crippen LogP contribution in [0.3, 0.4) is 0 Å². The number of benzene rings is 3. The maximum atomic E-state index is 14.8. The van der Waals surface area contributed by atoms with Gasteiger partial charge in [0.15, 0.2) is 0 Å². The average Bonchev–Trinajstić information content (AvgIpc) is 3.49. The third-order valence-corrected chi connectivity index (χ3v) is 7.86. The highest BCUT2D eigenvalue weighted by Crippen LogP contribution is 2.39. The maximum absolute atomic E-state index is 14.8. The zero-order chi connectivity index (χ0) is 32.2. The molecule has 0 saturated carbocycles. The molecule has 2 heterocycles. The molecule has 1 saturated heterocycles. The van der Waals surface area contributed by atoms with E-state index in [4.69, 9.17) is 0 Å². The number of nitrogens with zero attached hydrogens (tertiary/aromatic N) is 5. The first-order valence-corrected chi connectivity index (χ1v) is 14.6. The van der Waals surface area contributed by atoms with Gasteiger partial charge in [-0.05, 0) is 48.0 Å². The molecule has 4 aromatic rings. The number of carbonyl (C=O) groups excluding carboxylic acids is 1. The van der Waals surface area contributed by atoms with E-state index in [0.29, 0.717) is 6.07 Å². The Morgan fingerprint density at radius 2 is 1.76 bits per heavy atom. The Bertz CT molecular complexity index is 1680. The molecule has 1 unspecified atom stereocenters. The number of anilines is 2. The summed E-state index contributed by atoms with van der Waals surface area (Å²) < 4.78 is 73.1. The zero-order valence-electron chi connectivity index (χ0n) is 23.7.